The number of aliphatic hydroxyl groups is 1. The van der Waals surface area contributed by atoms with E-state index in [-0.39, 0.29) is 5.91 Å². The third-order valence-electron chi connectivity index (χ3n) is 3.22. The summed E-state index contributed by atoms with van der Waals surface area (Å²) in [4.78, 5) is 11.4. The largest absolute Gasteiger partial charge is 0.388 e. The van der Waals surface area contributed by atoms with Crippen LogP contribution in [0.15, 0.2) is 0 Å². The van der Waals surface area contributed by atoms with Gasteiger partial charge in [0, 0.05) is 6.54 Å². The minimum absolute atomic E-state index is 0.0997. The fourth-order valence-electron chi connectivity index (χ4n) is 1.98. The first-order valence-corrected chi connectivity index (χ1v) is 7.15. The molecule has 0 aromatic carbocycles. The van der Waals surface area contributed by atoms with E-state index in [1.807, 2.05) is 6.07 Å². The second-order valence-electron chi connectivity index (χ2n) is 4.83. The van der Waals surface area contributed by atoms with Crippen molar-refractivity contribution in [3.05, 3.63) is 0 Å². The lowest BCUT2D eigenvalue weighted by molar-refractivity contribution is -0.120. The molecule has 1 aliphatic rings. The summed E-state index contributed by atoms with van der Waals surface area (Å²) in [6, 6.07) is 1.97. The first-order chi connectivity index (χ1) is 8.06. The van der Waals surface area contributed by atoms with Crippen molar-refractivity contribution in [3.63, 3.8) is 0 Å². The molecule has 1 rings (SSSR count). The average Bonchev–Trinajstić information content (AvgIpc) is 2.32. The fraction of sp³-hybridized carbons (Fsp3) is 0.833. The standard InChI is InChI=1S/C12H20N2O2S/c1-10-2-4-12(16,5-3-10)9-14-11(15)8-17-7-6-13/h10,16H,2-5,7-9H2,1H3,(H,14,15). The van der Waals surface area contributed by atoms with Gasteiger partial charge in [-0.05, 0) is 31.6 Å². The first kappa shape index (κ1) is 14.3. The number of rotatable bonds is 5. The summed E-state index contributed by atoms with van der Waals surface area (Å²) in [6.45, 7) is 2.53. The van der Waals surface area contributed by atoms with Crippen LogP contribution in [0, 0.1) is 17.2 Å². The molecule has 0 aliphatic heterocycles. The van der Waals surface area contributed by atoms with E-state index in [0.29, 0.717) is 24.0 Å². The van der Waals surface area contributed by atoms with E-state index in [1.54, 1.807) is 0 Å². The van der Waals surface area contributed by atoms with Gasteiger partial charge in [-0.25, -0.2) is 0 Å². The molecule has 0 aromatic rings. The molecule has 0 atom stereocenters. The highest BCUT2D eigenvalue weighted by Gasteiger charge is 2.31. The molecule has 1 saturated carbocycles. The van der Waals surface area contributed by atoms with Crippen molar-refractivity contribution in [2.24, 2.45) is 5.92 Å². The van der Waals surface area contributed by atoms with Crippen molar-refractivity contribution in [1.82, 2.24) is 5.32 Å². The summed E-state index contributed by atoms with van der Waals surface area (Å²) in [5.74, 6) is 1.20. The molecular formula is C12H20N2O2S. The van der Waals surface area contributed by atoms with Crippen LogP contribution in [-0.4, -0.2) is 34.7 Å². The lowest BCUT2D eigenvalue weighted by Crippen LogP contribution is -2.45. The van der Waals surface area contributed by atoms with Gasteiger partial charge in [-0.15, -0.1) is 11.8 Å². The summed E-state index contributed by atoms with van der Waals surface area (Å²) in [5, 5.41) is 21.3. The topological polar surface area (TPSA) is 73.1 Å². The Labute approximate surface area is 107 Å². The van der Waals surface area contributed by atoms with Crippen LogP contribution in [0.5, 0.6) is 0 Å². The number of hydrogen-bond acceptors (Lipinski definition) is 4. The highest BCUT2D eigenvalue weighted by atomic mass is 32.2. The van der Waals surface area contributed by atoms with Crippen molar-refractivity contribution < 1.29 is 9.90 Å². The first-order valence-electron chi connectivity index (χ1n) is 5.99. The Kier molecular flexibility index (Phi) is 5.79. The van der Waals surface area contributed by atoms with Crippen LogP contribution in [0.1, 0.15) is 32.6 Å². The summed E-state index contributed by atoms with van der Waals surface area (Å²) < 4.78 is 0. The van der Waals surface area contributed by atoms with Gasteiger partial charge in [0.2, 0.25) is 5.91 Å². The van der Waals surface area contributed by atoms with Crippen LogP contribution in [0.25, 0.3) is 0 Å². The number of carbonyl (C=O) groups excluding carboxylic acids is 1. The molecule has 1 aliphatic carbocycles. The number of carbonyl (C=O) groups is 1. The number of amides is 1. The summed E-state index contributed by atoms with van der Waals surface area (Å²) >= 11 is 1.29. The average molecular weight is 256 g/mol. The Morgan fingerprint density at radius 1 is 1.59 bits per heavy atom. The zero-order chi connectivity index (χ0) is 12.7. The summed E-state index contributed by atoms with van der Waals surface area (Å²) in [5.41, 5.74) is -0.720. The Hall–Kier alpha value is -0.730. The number of nitrogens with zero attached hydrogens (tertiary/aromatic N) is 1. The highest BCUT2D eigenvalue weighted by molar-refractivity contribution is 8.00. The molecule has 17 heavy (non-hydrogen) atoms. The molecule has 4 nitrogen and oxygen atoms in total. The van der Waals surface area contributed by atoms with Gasteiger partial charge in [0.15, 0.2) is 0 Å². The molecule has 0 unspecified atom stereocenters. The smallest absolute Gasteiger partial charge is 0.230 e. The maximum absolute atomic E-state index is 11.4. The second-order valence-corrected chi connectivity index (χ2v) is 5.82. The molecule has 0 aromatic heterocycles. The second kappa shape index (κ2) is 6.87. The zero-order valence-electron chi connectivity index (χ0n) is 10.2. The highest BCUT2D eigenvalue weighted by Crippen LogP contribution is 2.31. The van der Waals surface area contributed by atoms with E-state index in [0.717, 1.165) is 25.7 Å². The Balaban J connectivity index is 2.21. The third kappa shape index (κ3) is 5.42. The number of hydrogen-bond donors (Lipinski definition) is 2. The van der Waals surface area contributed by atoms with Gasteiger partial charge in [-0.3, -0.25) is 4.79 Å². The summed E-state index contributed by atoms with van der Waals surface area (Å²) in [7, 11) is 0. The maximum Gasteiger partial charge on any atom is 0.230 e. The van der Waals surface area contributed by atoms with Crippen molar-refractivity contribution >= 4 is 17.7 Å². The normalized spacial score (nSPS) is 28.4. The fourth-order valence-corrected chi connectivity index (χ4v) is 2.46. The predicted molar refractivity (Wildman–Crippen MR) is 68.5 cm³/mol. The van der Waals surface area contributed by atoms with Crippen molar-refractivity contribution in [1.29, 1.82) is 5.26 Å². The van der Waals surface area contributed by atoms with E-state index in [2.05, 4.69) is 12.2 Å². The molecule has 5 heteroatoms. The Bertz CT molecular complexity index is 293. The SMILES string of the molecule is CC1CCC(O)(CNC(=O)CSCC#N)CC1. The Morgan fingerprint density at radius 2 is 2.24 bits per heavy atom. The van der Waals surface area contributed by atoms with E-state index >= 15 is 0 Å². The van der Waals surface area contributed by atoms with Gasteiger partial charge >= 0.3 is 0 Å². The minimum Gasteiger partial charge on any atom is -0.388 e. The molecule has 0 radical (unpaired) electrons. The Morgan fingerprint density at radius 3 is 2.82 bits per heavy atom. The lowest BCUT2D eigenvalue weighted by Gasteiger charge is -2.34. The minimum atomic E-state index is -0.720. The van der Waals surface area contributed by atoms with E-state index < -0.39 is 5.60 Å². The van der Waals surface area contributed by atoms with Gasteiger partial charge in [0.05, 0.1) is 23.2 Å². The zero-order valence-corrected chi connectivity index (χ0v) is 11.1. The van der Waals surface area contributed by atoms with Gasteiger partial charge < -0.3 is 10.4 Å². The molecule has 2 N–H and O–H groups in total. The molecule has 96 valence electrons. The van der Waals surface area contributed by atoms with Gasteiger partial charge in [0.25, 0.3) is 0 Å². The third-order valence-corrected chi connectivity index (χ3v) is 4.02. The molecule has 1 amide bonds. The van der Waals surface area contributed by atoms with E-state index in [4.69, 9.17) is 5.26 Å². The number of thioether (sulfide) groups is 1. The molecule has 1 fully saturated rings. The van der Waals surface area contributed by atoms with Crippen molar-refractivity contribution in [3.8, 4) is 6.07 Å². The molecule has 0 bridgehead atoms. The van der Waals surface area contributed by atoms with Crippen molar-refractivity contribution in [2.75, 3.05) is 18.1 Å². The lowest BCUT2D eigenvalue weighted by atomic mass is 9.79. The number of nitriles is 1. The molecule has 0 spiro atoms. The quantitative estimate of drug-likeness (QED) is 0.727. The molecule has 0 saturated heterocycles. The van der Waals surface area contributed by atoms with Gasteiger partial charge in [-0.1, -0.05) is 6.92 Å². The van der Waals surface area contributed by atoms with E-state index in [9.17, 15) is 9.90 Å². The van der Waals surface area contributed by atoms with E-state index in [1.165, 1.54) is 11.8 Å². The predicted octanol–water partition coefficient (Wildman–Crippen LogP) is 1.30. The van der Waals surface area contributed by atoms with Crippen molar-refractivity contribution in [2.45, 2.75) is 38.2 Å². The number of nitrogens with one attached hydrogen (secondary N) is 1. The van der Waals surface area contributed by atoms with Crippen LogP contribution in [-0.2, 0) is 4.79 Å². The molecular weight excluding hydrogens is 236 g/mol. The van der Waals surface area contributed by atoms with Crippen LogP contribution >= 0.6 is 11.8 Å². The van der Waals surface area contributed by atoms with Crippen LogP contribution in [0.3, 0.4) is 0 Å². The summed E-state index contributed by atoms with van der Waals surface area (Å²) in [6.07, 6.45) is 3.57. The van der Waals surface area contributed by atoms with Crippen LogP contribution < -0.4 is 5.32 Å². The van der Waals surface area contributed by atoms with Crippen LogP contribution in [0.4, 0.5) is 0 Å². The molecule has 0 heterocycles. The maximum atomic E-state index is 11.4. The monoisotopic (exact) mass is 256 g/mol. The van der Waals surface area contributed by atoms with Gasteiger partial charge in [0.1, 0.15) is 0 Å². The van der Waals surface area contributed by atoms with Crippen LogP contribution in [0.2, 0.25) is 0 Å². The van der Waals surface area contributed by atoms with Gasteiger partial charge in [-0.2, -0.15) is 5.26 Å².